The van der Waals surface area contributed by atoms with E-state index in [2.05, 4.69) is 0 Å². The number of allylic oxidation sites excluding steroid dienone is 4. The Morgan fingerprint density at radius 2 is 2.36 bits per heavy atom. The number of fused-ring (bicyclic) bond motifs is 1. The normalized spacial score (nSPS) is 29.6. The molecule has 1 aliphatic heterocycles. The summed E-state index contributed by atoms with van der Waals surface area (Å²) >= 11 is 0. The van der Waals surface area contributed by atoms with Crippen LogP contribution in [0.25, 0.3) is 0 Å². The third-order valence-electron chi connectivity index (χ3n) is 2.26. The molecule has 2 aliphatic rings. The van der Waals surface area contributed by atoms with Gasteiger partial charge in [0.15, 0.2) is 0 Å². The van der Waals surface area contributed by atoms with E-state index in [-0.39, 0.29) is 0 Å². The summed E-state index contributed by atoms with van der Waals surface area (Å²) in [4.78, 5) is 0. The molecule has 60 valence electrons. The van der Waals surface area contributed by atoms with Gasteiger partial charge >= 0.3 is 0 Å². The van der Waals surface area contributed by atoms with E-state index in [1.54, 1.807) is 6.08 Å². The van der Waals surface area contributed by atoms with Crippen LogP contribution in [0.15, 0.2) is 23.7 Å². The van der Waals surface area contributed by atoms with Crippen LogP contribution in [0.4, 0.5) is 0 Å². The van der Waals surface area contributed by atoms with Crippen LogP contribution < -0.4 is 0 Å². The fourth-order valence-electron chi connectivity index (χ4n) is 1.67. The van der Waals surface area contributed by atoms with Crippen molar-refractivity contribution in [3.8, 4) is 0 Å². The lowest BCUT2D eigenvalue weighted by Crippen LogP contribution is -2.17. The van der Waals surface area contributed by atoms with Gasteiger partial charge < -0.3 is 9.84 Å². The average molecular weight is 152 g/mol. The molecular weight excluding hydrogens is 140 g/mol. The number of aliphatic hydroxyl groups excluding tert-OH is 1. The predicted octanol–water partition coefficient (Wildman–Crippen LogP) is 2.14. The van der Waals surface area contributed by atoms with Crippen LogP contribution >= 0.6 is 0 Å². The molecule has 1 unspecified atom stereocenters. The molecule has 1 heterocycles. The molecule has 11 heavy (non-hydrogen) atoms. The summed E-state index contributed by atoms with van der Waals surface area (Å²) in [6, 6.07) is 0. The Kier molecular flexibility index (Phi) is 1.60. The molecule has 0 aromatic carbocycles. The van der Waals surface area contributed by atoms with Crippen LogP contribution in [-0.2, 0) is 4.74 Å². The van der Waals surface area contributed by atoms with Crippen LogP contribution in [-0.4, -0.2) is 11.7 Å². The smallest absolute Gasteiger partial charge is 0.0996 e. The van der Waals surface area contributed by atoms with Gasteiger partial charge in [0.2, 0.25) is 0 Å². The van der Waals surface area contributed by atoms with Gasteiger partial charge in [0, 0.05) is 12.3 Å². The molecule has 0 saturated carbocycles. The number of hydrogen-bond acceptors (Lipinski definition) is 2. The van der Waals surface area contributed by atoms with E-state index in [9.17, 15) is 5.11 Å². The number of ether oxygens (including phenoxy) is 1. The molecule has 0 aromatic heterocycles. The van der Waals surface area contributed by atoms with Gasteiger partial charge in [-0.15, -0.1) is 0 Å². The molecule has 1 aliphatic carbocycles. The van der Waals surface area contributed by atoms with Gasteiger partial charge in [-0.2, -0.15) is 0 Å². The molecule has 1 atom stereocenters. The molecule has 0 radical (unpaired) electrons. The molecule has 2 heteroatoms. The summed E-state index contributed by atoms with van der Waals surface area (Å²) in [7, 11) is 0. The van der Waals surface area contributed by atoms with Crippen molar-refractivity contribution in [2.24, 2.45) is 5.92 Å². The van der Waals surface area contributed by atoms with Crippen molar-refractivity contribution >= 4 is 0 Å². The van der Waals surface area contributed by atoms with E-state index in [4.69, 9.17) is 4.74 Å². The van der Waals surface area contributed by atoms with Crippen LogP contribution in [0.2, 0.25) is 0 Å². The first-order valence-electron chi connectivity index (χ1n) is 4.09. The van der Waals surface area contributed by atoms with E-state index < -0.39 is 0 Å². The molecule has 0 amide bonds. The Hall–Kier alpha value is -0.920. The molecule has 2 rings (SSSR count). The minimum atomic E-state index is 0.453. The van der Waals surface area contributed by atoms with E-state index in [0.29, 0.717) is 11.7 Å². The van der Waals surface area contributed by atoms with Gasteiger partial charge in [0.1, 0.15) is 0 Å². The second-order valence-corrected chi connectivity index (χ2v) is 3.12. The molecule has 1 N–H and O–H groups in total. The summed E-state index contributed by atoms with van der Waals surface area (Å²) in [5.41, 5.74) is 0. The van der Waals surface area contributed by atoms with Crippen molar-refractivity contribution in [3.05, 3.63) is 23.7 Å². The maximum Gasteiger partial charge on any atom is 0.0996 e. The van der Waals surface area contributed by atoms with Gasteiger partial charge in [-0.3, -0.25) is 0 Å². The summed E-state index contributed by atoms with van der Waals surface area (Å²) < 4.78 is 5.44. The third kappa shape index (κ3) is 1.25. The molecule has 0 aromatic rings. The Bertz CT molecular complexity index is 216. The highest BCUT2D eigenvalue weighted by Gasteiger charge is 2.23. The van der Waals surface area contributed by atoms with Crippen LogP contribution in [0.3, 0.4) is 0 Å². The Morgan fingerprint density at radius 1 is 1.45 bits per heavy atom. The SMILES string of the molecule is OC1=CC=C2OCCCC2C1. The molecule has 1 fully saturated rings. The topological polar surface area (TPSA) is 29.5 Å². The second kappa shape index (κ2) is 2.61. The summed E-state index contributed by atoms with van der Waals surface area (Å²) in [5, 5.41) is 9.21. The zero-order valence-electron chi connectivity index (χ0n) is 6.42. The van der Waals surface area contributed by atoms with Crippen LogP contribution in [0.5, 0.6) is 0 Å². The highest BCUT2D eigenvalue weighted by Crippen LogP contribution is 2.31. The summed E-state index contributed by atoms with van der Waals surface area (Å²) in [5.74, 6) is 2.01. The lowest BCUT2D eigenvalue weighted by atomic mass is 9.91. The minimum Gasteiger partial charge on any atom is -0.512 e. The molecule has 2 nitrogen and oxygen atoms in total. The van der Waals surface area contributed by atoms with Crippen LogP contribution in [0, 0.1) is 5.92 Å². The standard InChI is InChI=1S/C9H12O2/c10-8-3-4-9-7(6-8)2-1-5-11-9/h3-4,7,10H,1-2,5-6H2. The maximum absolute atomic E-state index is 9.21. The number of hydrogen-bond donors (Lipinski definition) is 1. The van der Waals surface area contributed by atoms with Crippen molar-refractivity contribution in [2.75, 3.05) is 6.61 Å². The molecule has 0 spiro atoms. The van der Waals surface area contributed by atoms with Crippen molar-refractivity contribution in [2.45, 2.75) is 19.3 Å². The molecule has 0 bridgehead atoms. The van der Waals surface area contributed by atoms with E-state index in [1.165, 1.54) is 0 Å². The first kappa shape index (κ1) is 6.77. The fraction of sp³-hybridized carbons (Fsp3) is 0.556. The predicted molar refractivity (Wildman–Crippen MR) is 42.1 cm³/mol. The monoisotopic (exact) mass is 152 g/mol. The average Bonchev–Trinajstić information content (AvgIpc) is 2.04. The second-order valence-electron chi connectivity index (χ2n) is 3.12. The lowest BCUT2D eigenvalue weighted by Gasteiger charge is -2.27. The number of rotatable bonds is 0. The Morgan fingerprint density at radius 3 is 3.27 bits per heavy atom. The zero-order chi connectivity index (χ0) is 7.68. The van der Waals surface area contributed by atoms with Crippen molar-refractivity contribution in [1.29, 1.82) is 0 Å². The van der Waals surface area contributed by atoms with E-state index >= 15 is 0 Å². The van der Waals surface area contributed by atoms with Gasteiger partial charge in [0.05, 0.1) is 18.1 Å². The fourth-order valence-corrected chi connectivity index (χ4v) is 1.67. The quantitative estimate of drug-likeness (QED) is 0.576. The minimum absolute atomic E-state index is 0.453. The Labute approximate surface area is 66.2 Å². The highest BCUT2D eigenvalue weighted by atomic mass is 16.5. The number of aliphatic hydroxyl groups is 1. The summed E-state index contributed by atoms with van der Waals surface area (Å²) in [6.45, 7) is 0.844. The van der Waals surface area contributed by atoms with E-state index in [1.807, 2.05) is 6.08 Å². The maximum atomic E-state index is 9.21. The first-order valence-corrected chi connectivity index (χ1v) is 4.09. The summed E-state index contributed by atoms with van der Waals surface area (Å²) in [6.07, 6.45) is 6.67. The van der Waals surface area contributed by atoms with Gasteiger partial charge in [-0.25, -0.2) is 0 Å². The zero-order valence-corrected chi connectivity index (χ0v) is 6.42. The van der Waals surface area contributed by atoms with Crippen LogP contribution in [0.1, 0.15) is 19.3 Å². The molecular formula is C9H12O2. The van der Waals surface area contributed by atoms with E-state index in [0.717, 1.165) is 31.6 Å². The van der Waals surface area contributed by atoms with Crippen molar-refractivity contribution < 1.29 is 9.84 Å². The van der Waals surface area contributed by atoms with Crippen molar-refractivity contribution in [1.82, 2.24) is 0 Å². The Balaban J connectivity index is 2.16. The van der Waals surface area contributed by atoms with Crippen molar-refractivity contribution in [3.63, 3.8) is 0 Å². The third-order valence-corrected chi connectivity index (χ3v) is 2.26. The van der Waals surface area contributed by atoms with Gasteiger partial charge in [0.25, 0.3) is 0 Å². The van der Waals surface area contributed by atoms with Gasteiger partial charge in [-0.05, 0) is 25.0 Å². The first-order chi connectivity index (χ1) is 5.36. The lowest BCUT2D eigenvalue weighted by molar-refractivity contribution is 0.119. The van der Waals surface area contributed by atoms with Gasteiger partial charge in [-0.1, -0.05) is 0 Å². The highest BCUT2D eigenvalue weighted by molar-refractivity contribution is 5.20. The largest absolute Gasteiger partial charge is 0.512 e. The molecule has 1 saturated heterocycles.